The van der Waals surface area contributed by atoms with Gasteiger partial charge in [-0.05, 0) is 17.7 Å². The van der Waals surface area contributed by atoms with E-state index in [2.05, 4.69) is 0 Å². The van der Waals surface area contributed by atoms with E-state index in [0.717, 1.165) is 12.1 Å². The molecule has 0 aromatic heterocycles. The van der Waals surface area contributed by atoms with Gasteiger partial charge in [0.2, 0.25) is 0 Å². The second kappa shape index (κ2) is 3.21. The van der Waals surface area contributed by atoms with Gasteiger partial charge in [0.1, 0.15) is 6.04 Å². The second-order valence-corrected chi connectivity index (χ2v) is 2.51. The Bertz CT molecular complexity index is 347. The molecule has 68 valence electrons. The smallest absolute Gasteiger partial charge is 0.200 e. The highest BCUT2D eigenvalue weighted by Crippen LogP contribution is 2.36. The standard InChI is InChI=1S/C8H8N2O3/c9-3-5(10)4-1-6(11)8(13)7(12)2-4/h1-2,5,11-13H,10H2. The highest BCUT2D eigenvalue weighted by atomic mass is 16.3. The predicted molar refractivity (Wildman–Crippen MR) is 44.0 cm³/mol. The normalized spacial score (nSPS) is 12.0. The molecule has 0 saturated carbocycles. The number of aromatic hydroxyl groups is 3. The lowest BCUT2D eigenvalue weighted by Crippen LogP contribution is -2.06. The van der Waals surface area contributed by atoms with E-state index in [4.69, 9.17) is 26.3 Å². The summed E-state index contributed by atoms with van der Waals surface area (Å²) >= 11 is 0. The SMILES string of the molecule is N#CC(N)c1cc(O)c(O)c(O)c1. The van der Waals surface area contributed by atoms with Crippen LogP contribution in [0.15, 0.2) is 12.1 Å². The average molecular weight is 180 g/mol. The number of rotatable bonds is 1. The number of hydrogen-bond donors (Lipinski definition) is 4. The summed E-state index contributed by atoms with van der Waals surface area (Å²) < 4.78 is 0. The fourth-order valence-corrected chi connectivity index (χ4v) is 0.879. The fraction of sp³-hybridized carbons (Fsp3) is 0.125. The maximum absolute atomic E-state index is 9.05. The predicted octanol–water partition coefficient (Wildman–Crippen LogP) is 0.327. The van der Waals surface area contributed by atoms with Crippen LogP contribution in [0.25, 0.3) is 0 Å². The van der Waals surface area contributed by atoms with Crippen LogP contribution in [0.3, 0.4) is 0 Å². The molecule has 0 amide bonds. The zero-order valence-corrected chi connectivity index (χ0v) is 6.60. The van der Waals surface area contributed by atoms with Crippen LogP contribution in [0, 0.1) is 11.3 Å². The van der Waals surface area contributed by atoms with Crippen molar-refractivity contribution in [2.45, 2.75) is 6.04 Å². The van der Waals surface area contributed by atoms with E-state index in [1.807, 2.05) is 0 Å². The molecule has 0 radical (unpaired) electrons. The van der Waals surface area contributed by atoms with Crippen molar-refractivity contribution < 1.29 is 15.3 Å². The number of hydrogen-bond acceptors (Lipinski definition) is 5. The molecule has 1 atom stereocenters. The highest BCUT2D eigenvalue weighted by molar-refractivity contribution is 5.52. The van der Waals surface area contributed by atoms with Crippen LogP contribution in [0.1, 0.15) is 11.6 Å². The summed E-state index contributed by atoms with van der Waals surface area (Å²) in [5.74, 6) is -1.62. The van der Waals surface area contributed by atoms with E-state index < -0.39 is 23.3 Å². The summed E-state index contributed by atoms with van der Waals surface area (Å²) in [5.41, 5.74) is 5.56. The summed E-state index contributed by atoms with van der Waals surface area (Å²) in [5, 5.41) is 35.5. The van der Waals surface area contributed by atoms with Crippen LogP contribution in [0.2, 0.25) is 0 Å². The lowest BCUT2D eigenvalue weighted by atomic mass is 10.1. The van der Waals surface area contributed by atoms with Gasteiger partial charge in [-0.3, -0.25) is 0 Å². The van der Waals surface area contributed by atoms with E-state index in [0.29, 0.717) is 0 Å². The largest absolute Gasteiger partial charge is 0.504 e. The van der Waals surface area contributed by atoms with Gasteiger partial charge in [0.25, 0.3) is 0 Å². The van der Waals surface area contributed by atoms with Gasteiger partial charge in [-0.15, -0.1) is 0 Å². The zero-order chi connectivity index (χ0) is 10.0. The van der Waals surface area contributed by atoms with Crippen molar-refractivity contribution in [3.63, 3.8) is 0 Å². The Morgan fingerprint density at radius 3 is 2.08 bits per heavy atom. The first-order valence-corrected chi connectivity index (χ1v) is 3.46. The first kappa shape index (κ1) is 9.16. The number of nitriles is 1. The number of phenolic OH excluding ortho intramolecular Hbond substituents is 3. The van der Waals surface area contributed by atoms with E-state index in [1.54, 1.807) is 6.07 Å². The molecule has 13 heavy (non-hydrogen) atoms. The third-order valence-corrected chi connectivity index (χ3v) is 1.59. The molecule has 0 saturated heterocycles. The summed E-state index contributed by atoms with van der Waals surface area (Å²) in [4.78, 5) is 0. The monoisotopic (exact) mass is 180 g/mol. The van der Waals surface area contributed by atoms with Crippen molar-refractivity contribution in [1.82, 2.24) is 0 Å². The van der Waals surface area contributed by atoms with Crippen LogP contribution < -0.4 is 5.73 Å². The third kappa shape index (κ3) is 1.63. The number of phenols is 3. The van der Waals surface area contributed by atoms with Crippen molar-refractivity contribution in [1.29, 1.82) is 5.26 Å². The lowest BCUT2D eigenvalue weighted by molar-refractivity contribution is 0.367. The van der Waals surface area contributed by atoms with E-state index in [9.17, 15) is 0 Å². The molecule has 1 unspecified atom stereocenters. The van der Waals surface area contributed by atoms with Gasteiger partial charge in [-0.1, -0.05) is 0 Å². The minimum atomic E-state index is -0.933. The molecular formula is C8H8N2O3. The summed E-state index contributed by atoms with van der Waals surface area (Å²) in [6.07, 6.45) is 0. The maximum atomic E-state index is 9.05. The van der Waals surface area contributed by atoms with Crippen LogP contribution >= 0.6 is 0 Å². The van der Waals surface area contributed by atoms with Crippen molar-refractivity contribution in [2.24, 2.45) is 5.73 Å². The zero-order valence-electron chi connectivity index (χ0n) is 6.60. The minimum absolute atomic E-state index is 0.246. The third-order valence-electron chi connectivity index (χ3n) is 1.59. The molecule has 0 fully saturated rings. The number of benzene rings is 1. The maximum Gasteiger partial charge on any atom is 0.200 e. The first-order valence-electron chi connectivity index (χ1n) is 3.46. The van der Waals surface area contributed by atoms with Crippen LogP contribution in [0.4, 0.5) is 0 Å². The summed E-state index contributed by atoms with van der Waals surface area (Å²) in [7, 11) is 0. The number of nitrogens with zero attached hydrogens (tertiary/aromatic N) is 1. The highest BCUT2D eigenvalue weighted by Gasteiger charge is 2.12. The van der Waals surface area contributed by atoms with Gasteiger partial charge in [-0.25, -0.2) is 0 Å². The minimum Gasteiger partial charge on any atom is -0.504 e. The lowest BCUT2D eigenvalue weighted by Gasteiger charge is -2.06. The Morgan fingerprint density at radius 2 is 1.69 bits per heavy atom. The van der Waals surface area contributed by atoms with Crippen molar-refractivity contribution in [3.05, 3.63) is 17.7 Å². The molecule has 0 aliphatic heterocycles. The summed E-state index contributed by atoms with van der Waals surface area (Å²) in [6, 6.07) is 3.05. The van der Waals surface area contributed by atoms with Gasteiger partial charge in [0, 0.05) is 0 Å². The Morgan fingerprint density at radius 1 is 1.23 bits per heavy atom. The summed E-state index contributed by atoms with van der Waals surface area (Å²) in [6.45, 7) is 0. The molecule has 0 heterocycles. The fourth-order valence-electron chi connectivity index (χ4n) is 0.879. The molecular weight excluding hydrogens is 172 g/mol. The molecule has 0 spiro atoms. The van der Waals surface area contributed by atoms with E-state index >= 15 is 0 Å². The van der Waals surface area contributed by atoms with Crippen molar-refractivity contribution >= 4 is 0 Å². The van der Waals surface area contributed by atoms with Gasteiger partial charge in [0.15, 0.2) is 17.2 Å². The van der Waals surface area contributed by atoms with Gasteiger partial charge in [0.05, 0.1) is 6.07 Å². The average Bonchev–Trinajstić information content (AvgIpc) is 2.12. The molecule has 5 N–H and O–H groups in total. The molecule has 1 rings (SSSR count). The van der Waals surface area contributed by atoms with E-state index in [-0.39, 0.29) is 5.56 Å². The Hall–Kier alpha value is -1.93. The first-order chi connectivity index (χ1) is 6.06. The molecule has 5 nitrogen and oxygen atoms in total. The van der Waals surface area contributed by atoms with E-state index in [1.165, 1.54) is 0 Å². The number of nitrogens with two attached hydrogens (primary N) is 1. The quantitative estimate of drug-likeness (QED) is 0.465. The van der Waals surface area contributed by atoms with Crippen LogP contribution in [0.5, 0.6) is 17.2 Å². The Labute approximate surface area is 74.3 Å². The van der Waals surface area contributed by atoms with Gasteiger partial charge in [-0.2, -0.15) is 5.26 Å². The van der Waals surface area contributed by atoms with Gasteiger partial charge >= 0.3 is 0 Å². The molecule has 1 aromatic carbocycles. The molecule has 5 heteroatoms. The Kier molecular flexibility index (Phi) is 2.26. The van der Waals surface area contributed by atoms with Crippen molar-refractivity contribution in [3.8, 4) is 23.3 Å². The van der Waals surface area contributed by atoms with Crippen LogP contribution in [-0.4, -0.2) is 15.3 Å². The van der Waals surface area contributed by atoms with Crippen molar-refractivity contribution in [2.75, 3.05) is 0 Å². The Balaban J connectivity index is 3.22. The van der Waals surface area contributed by atoms with Gasteiger partial charge < -0.3 is 21.1 Å². The molecule has 0 aliphatic rings. The molecule has 0 aliphatic carbocycles. The second-order valence-electron chi connectivity index (χ2n) is 2.51. The van der Waals surface area contributed by atoms with Crippen LogP contribution in [-0.2, 0) is 0 Å². The molecule has 1 aromatic rings. The topological polar surface area (TPSA) is 111 Å². The molecule has 0 bridgehead atoms.